The summed E-state index contributed by atoms with van der Waals surface area (Å²) in [5.74, 6) is 0.654. The second-order valence-electron chi connectivity index (χ2n) is 5.82. The number of aryl methyl sites for hydroxylation is 2. The van der Waals surface area contributed by atoms with Gasteiger partial charge in [0.1, 0.15) is 5.82 Å². The van der Waals surface area contributed by atoms with Gasteiger partial charge in [0, 0.05) is 17.4 Å². The predicted octanol–water partition coefficient (Wildman–Crippen LogP) is 4.37. The molecule has 0 aliphatic carbocycles. The maximum absolute atomic E-state index is 11.9. The zero-order valence-corrected chi connectivity index (χ0v) is 14.9. The molecule has 2 aromatic carbocycles. The van der Waals surface area contributed by atoms with E-state index in [1.54, 1.807) is 18.2 Å². The van der Waals surface area contributed by atoms with E-state index in [-0.39, 0.29) is 0 Å². The molecule has 0 fully saturated rings. The fourth-order valence-electron chi connectivity index (χ4n) is 2.54. The lowest BCUT2D eigenvalue weighted by Crippen LogP contribution is -2.08. The van der Waals surface area contributed by atoms with E-state index in [9.17, 15) is 4.79 Å². The Balaban J connectivity index is 1.90. The van der Waals surface area contributed by atoms with Gasteiger partial charge in [-0.15, -0.1) is 0 Å². The zero-order chi connectivity index (χ0) is 18.5. The highest BCUT2D eigenvalue weighted by Crippen LogP contribution is 2.23. The van der Waals surface area contributed by atoms with Crippen molar-refractivity contribution in [2.75, 3.05) is 17.7 Å². The summed E-state index contributed by atoms with van der Waals surface area (Å²) in [5.41, 5.74) is 3.91. The van der Waals surface area contributed by atoms with Crippen molar-refractivity contribution in [2.45, 2.75) is 13.8 Å². The van der Waals surface area contributed by atoms with Crippen LogP contribution in [0.1, 0.15) is 21.6 Å². The van der Waals surface area contributed by atoms with Crippen LogP contribution in [0.3, 0.4) is 0 Å². The van der Waals surface area contributed by atoms with Gasteiger partial charge in [-0.25, -0.2) is 9.78 Å². The first kappa shape index (κ1) is 17.4. The minimum atomic E-state index is -0.418. The van der Waals surface area contributed by atoms with E-state index in [1.807, 2.05) is 50.2 Å². The standard InChI is InChI=1S/C20H20N4O2/c1-13-8-4-6-10-16(13)22-18-12-14(2)21-20(24-18)23-17-11-7-5-9-15(17)19(25)26-3/h4-12H,1-3H3,(H2,21,22,23,24). The minimum absolute atomic E-state index is 0.400. The highest BCUT2D eigenvalue weighted by Gasteiger charge is 2.12. The first-order chi connectivity index (χ1) is 12.6. The number of nitrogens with one attached hydrogen (secondary N) is 2. The molecule has 0 saturated carbocycles. The molecule has 3 aromatic rings. The number of nitrogens with zero attached hydrogens (tertiary/aromatic N) is 2. The summed E-state index contributed by atoms with van der Waals surface area (Å²) in [6, 6.07) is 16.9. The van der Waals surface area contributed by atoms with Gasteiger partial charge in [0.05, 0.1) is 18.4 Å². The predicted molar refractivity (Wildman–Crippen MR) is 102 cm³/mol. The average molecular weight is 348 g/mol. The van der Waals surface area contributed by atoms with E-state index in [4.69, 9.17) is 4.74 Å². The van der Waals surface area contributed by atoms with Gasteiger partial charge in [-0.1, -0.05) is 30.3 Å². The molecule has 26 heavy (non-hydrogen) atoms. The Hall–Kier alpha value is -3.41. The third kappa shape index (κ3) is 3.97. The molecule has 132 valence electrons. The Kier molecular flexibility index (Phi) is 5.12. The maximum Gasteiger partial charge on any atom is 0.339 e. The lowest BCUT2D eigenvalue weighted by Gasteiger charge is -2.13. The van der Waals surface area contributed by atoms with Gasteiger partial charge in [-0.3, -0.25) is 0 Å². The normalized spacial score (nSPS) is 10.3. The van der Waals surface area contributed by atoms with Gasteiger partial charge in [-0.2, -0.15) is 4.98 Å². The summed E-state index contributed by atoms with van der Waals surface area (Å²) in [4.78, 5) is 20.8. The number of hydrogen-bond donors (Lipinski definition) is 2. The number of benzene rings is 2. The van der Waals surface area contributed by atoms with Crippen LogP contribution in [0.5, 0.6) is 0 Å². The second kappa shape index (κ2) is 7.65. The number of carbonyl (C=O) groups is 1. The van der Waals surface area contributed by atoms with Crippen LogP contribution in [0.4, 0.5) is 23.1 Å². The first-order valence-corrected chi connectivity index (χ1v) is 8.19. The van der Waals surface area contributed by atoms with E-state index in [0.717, 1.165) is 16.9 Å². The lowest BCUT2D eigenvalue weighted by molar-refractivity contribution is 0.0602. The summed E-state index contributed by atoms with van der Waals surface area (Å²) in [6.07, 6.45) is 0. The minimum Gasteiger partial charge on any atom is -0.465 e. The number of ether oxygens (including phenoxy) is 1. The summed E-state index contributed by atoms with van der Waals surface area (Å²) in [5, 5.41) is 6.41. The number of esters is 1. The largest absolute Gasteiger partial charge is 0.465 e. The molecular weight excluding hydrogens is 328 g/mol. The van der Waals surface area contributed by atoms with E-state index in [1.165, 1.54) is 7.11 Å². The van der Waals surface area contributed by atoms with E-state index in [2.05, 4.69) is 20.6 Å². The molecule has 0 aliphatic heterocycles. The fraction of sp³-hybridized carbons (Fsp3) is 0.150. The third-order valence-electron chi connectivity index (χ3n) is 3.84. The molecule has 0 aliphatic rings. The lowest BCUT2D eigenvalue weighted by atomic mass is 10.2. The van der Waals surface area contributed by atoms with Crippen LogP contribution >= 0.6 is 0 Å². The van der Waals surface area contributed by atoms with Gasteiger partial charge in [0.15, 0.2) is 0 Å². The van der Waals surface area contributed by atoms with Crippen molar-refractivity contribution in [1.29, 1.82) is 0 Å². The molecule has 0 radical (unpaired) electrons. The summed E-state index contributed by atoms with van der Waals surface area (Å²) < 4.78 is 4.82. The number of para-hydroxylation sites is 2. The zero-order valence-electron chi connectivity index (χ0n) is 14.9. The second-order valence-corrected chi connectivity index (χ2v) is 5.82. The Morgan fingerprint density at radius 1 is 0.923 bits per heavy atom. The molecule has 0 saturated heterocycles. The summed E-state index contributed by atoms with van der Waals surface area (Å²) >= 11 is 0. The molecule has 0 unspecified atom stereocenters. The van der Waals surface area contributed by atoms with Crippen molar-refractivity contribution in [3.8, 4) is 0 Å². The number of carbonyl (C=O) groups excluding carboxylic acids is 1. The van der Waals surface area contributed by atoms with Crippen molar-refractivity contribution in [1.82, 2.24) is 9.97 Å². The molecule has 0 amide bonds. The Morgan fingerprint density at radius 3 is 2.35 bits per heavy atom. The molecule has 3 rings (SSSR count). The Morgan fingerprint density at radius 2 is 1.62 bits per heavy atom. The van der Waals surface area contributed by atoms with Crippen molar-refractivity contribution >= 4 is 29.1 Å². The van der Waals surface area contributed by atoms with Crippen molar-refractivity contribution in [3.63, 3.8) is 0 Å². The molecular formula is C20H20N4O2. The third-order valence-corrected chi connectivity index (χ3v) is 3.84. The number of anilines is 4. The highest BCUT2D eigenvalue weighted by molar-refractivity contribution is 5.96. The van der Waals surface area contributed by atoms with Crippen LogP contribution in [-0.2, 0) is 4.74 Å². The van der Waals surface area contributed by atoms with Crippen molar-refractivity contribution in [2.24, 2.45) is 0 Å². The molecule has 6 nitrogen and oxygen atoms in total. The van der Waals surface area contributed by atoms with Gasteiger partial charge in [-0.05, 0) is 37.6 Å². The monoisotopic (exact) mass is 348 g/mol. The topological polar surface area (TPSA) is 76.1 Å². The molecule has 0 bridgehead atoms. The van der Waals surface area contributed by atoms with E-state index < -0.39 is 5.97 Å². The molecule has 1 aromatic heterocycles. The number of aromatic nitrogens is 2. The van der Waals surface area contributed by atoms with Crippen LogP contribution in [0, 0.1) is 13.8 Å². The molecule has 0 spiro atoms. The van der Waals surface area contributed by atoms with Crippen LogP contribution in [0.25, 0.3) is 0 Å². The van der Waals surface area contributed by atoms with Crippen molar-refractivity contribution < 1.29 is 9.53 Å². The van der Waals surface area contributed by atoms with Crippen LogP contribution in [-0.4, -0.2) is 23.0 Å². The van der Waals surface area contributed by atoms with Gasteiger partial charge in [0.25, 0.3) is 0 Å². The first-order valence-electron chi connectivity index (χ1n) is 8.19. The highest BCUT2D eigenvalue weighted by atomic mass is 16.5. The molecule has 1 heterocycles. The number of rotatable bonds is 5. The van der Waals surface area contributed by atoms with Gasteiger partial charge >= 0.3 is 5.97 Å². The van der Waals surface area contributed by atoms with Crippen LogP contribution in [0.15, 0.2) is 54.6 Å². The maximum atomic E-state index is 11.9. The SMILES string of the molecule is COC(=O)c1ccccc1Nc1nc(C)cc(Nc2ccccc2C)n1. The van der Waals surface area contributed by atoms with Crippen LogP contribution < -0.4 is 10.6 Å². The number of methoxy groups -OCH3 is 1. The fourth-order valence-corrected chi connectivity index (χ4v) is 2.54. The quantitative estimate of drug-likeness (QED) is 0.667. The summed E-state index contributed by atoms with van der Waals surface area (Å²) in [6.45, 7) is 3.92. The van der Waals surface area contributed by atoms with Crippen molar-refractivity contribution in [3.05, 3.63) is 71.4 Å². The van der Waals surface area contributed by atoms with Gasteiger partial charge < -0.3 is 15.4 Å². The number of hydrogen-bond acceptors (Lipinski definition) is 6. The average Bonchev–Trinajstić information content (AvgIpc) is 2.63. The molecule has 0 atom stereocenters. The van der Waals surface area contributed by atoms with Crippen LogP contribution in [0.2, 0.25) is 0 Å². The molecule has 6 heteroatoms. The van der Waals surface area contributed by atoms with E-state index >= 15 is 0 Å². The van der Waals surface area contributed by atoms with E-state index in [0.29, 0.717) is 23.0 Å². The Bertz CT molecular complexity index is 941. The van der Waals surface area contributed by atoms with Gasteiger partial charge in [0.2, 0.25) is 5.95 Å². The smallest absolute Gasteiger partial charge is 0.339 e. The Labute approximate surface area is 152 Å². The summed E-state index contributed by atoms with van der Waals surface area (Å²) in [7, 11) is 1.35. The molecule has 2 N–H and O–H groups in total.